The Morgan fingerprint density at radius 3 is 1.97 bits per heavy atom. The van der Waals surface area contributed by atoms with Crippen LogP contribution in [0.3, 0.4) is 0 Å². The molecule has 1 aromatic heterocycles. The highest BCUT2D eigenvalue weighted by Gasteiger charge is 2.10. The molecule has 0 fully saturated rings. The lowest BCUT2D eigenvalue weighted by Gasteiger charge is -2.08. The molecule has 2 nitrogen and oxygen atoms in total. The Morgan fingerprint density at radius 2 is 1.43 bits per heavy atom. The number of hydrogen-bond donors (Lipinski definition) is 0. The SMILES string of the molecule is CCCSc1nc(/C=C/c2ccc(C)cc2)cc(/C=C/c2ccc(C)cc2)c1C#N. The normalized spacial score (nSPS) is 11.3. The third-order valence-corrected chi connectivity index (χ3v) is 5.83. The standard InChI is InChI=1S/C27H26N2S/c1-4-17-30-27-26(19-28)24(15-13-22-9-5-20(2)6-10-22)18-25(29-27)16-14-23-11-7-21(3)8-12-23/h5-16,18H,4,17H2,1-3H3/b15-13+,16-14+. The Bertz CT molecular complexity index is 1090. The van der Waals surface area contributed by atoms with Crippen molar-refractivity contribution in [3.05, 3.63) is 93.7 Å². The highest BCUT2D eigenvalue weighted by Crippen LogP contribution is 2.27. The van der Waals surface area contributed by atoms with Crippen molar-refractivity contribution in [1.29, 1.82) is 5.26 Å². The van der Waals surface area contributed by atoms with Crippen molar-refractivity contribution in [2.45, 2.75) is 32.2 Å². The molecule has 150 valence electrons. The fourth-order valence-corrected chi connectivity index (χ4v) is 3.79. The number of benzene rings is 2. The Labute approximate surface area is 184 Å². The summed E-state index contributed by atoms with van der Waals surface area (Å²) in [6.07, 6.45) is 9.19. The van der Waals surface area contributed by atoms with Gasteiger partial charge in [0.15, 0.2) is 0 Å². The summed E-state index contributed by atoms with van der Waals surface area (Å²) in [7, 11) is 0. The van der Waals surface area contributed by atoms with Crippen LogP contribution >= 0.6 is 11.8 Å². The van der Waals surface area contributed by atoms with Gasteiger partial charge in [0, 0.05) is 0 Å². The minimum atomic E-state index is 0.643. The second-order valence-corrected chi connectivity index (χ2v) is 8.35. The van der Waals surface area contributed by atoms with Gasteiger partial charge in [0.05, 0.1) is 11.3 Å². The summed E-state index contributed by atoms with van der Waals surface area (Å²) in [5.74, 6) is 0.938. The van der Waals surface area contributed by atoms with Crippen molar-refractivity contribution < 1.29 is 0 Å². The molecular formula is C27H26N2S. The molecule has 3 aromatic rings. The fraction of sp³-hybridized carbons (Fsp3) is 0.185. The number of nitriles is 1. The Morgan fingerprint density at radius 1 is 0.867 bits per heavy atom. The van der Waals surface area contributed by atoms with Gasteiger partial charge in [-0.05, 0) is 54.9 Å². The maximum atomic E-state index is 9.80. The molecule has 0 amide bonds. The van der Waals surface area contributed by atoms with Gasteiger partial charge in [-0.1, -0.05) is 84.8 Å². The van der Waals surface area contributed by atoms with Crippen molar-refractivity contribution >= 4 is 36.1 Å². The maximum absolute atomic E-state index is 9.80. The Balaban J connectivity index is 1.98. The van der Waals surface area contributed by atoms with E-state index in [1.807, 2.05) is 18.2 Å². The predicted octanol–water partition coefficient (Wildman–Crippen LogP) is 7.41. The maximum Gasteiger partial charge on any atom is 0.115 e. The zero-order valence-electron chi connectivity index (χ0n) is 17.7. The largest absolute Gasteiger partial charge is 0.241 e. The quantitative estimate of drug-likeness (QED) is 0.380. The Hall–Kier alpha value is -3.09. The number of pyridine rings is 1. The molecule has 0 spiro atoms. The summed E-state index contributed by atoms with van der Waals surface area (Å²) < 4.78 is 0. The van der Waals surface area contributed by atoms with Gasteiger partial charge in [0.2, 0.25) is 0 Å². The van der Waals surface area contributed by atoms with Crippen LogP contribution < -0.4 is 0 Å². The van der Waals surface area contributed by atoms with Crippen molar-refractivity contribution in [2.75, 3.05) is 5.75 Å². The average molecular weight is 411 g/mol. The van der Waals surface area contributed by atoms with Crippen molar-refractivity contribution in [3.63, 3.8) is 0 Å². The topological polar surface area (TPSA) is 36.7 Å². The van der Waals surface area contributed by atoms with Gasteiger partial charge in [-0.15, -0.1) is 11.8 Å². The van der Waals surface area contributed by atoms with Crippen molar-refractivity contribution in [2.24, 2.45) is 0 Å². The smallest absolute Gasteiger partial charge is 0.115 e. The molecule has 0 aliphatic heterocycles. The first kappa shape index (κ1) is 21.6. The molecule has 30 heavy (non-hydrogen) atoms. The molecule has 3 rings (SSSR count). The molecule has 0 radical (unpaired) electrons. The summed E-state index contributed by atoms with van der Waals surface area (Å²) >= 11 is 1.65. The molecule has 0 saturated heterocycles. The molecule has 0 bridgehead atoms. The van der Waals surface area contributed by atoms with E-state index in [-0.39, 0.29) is 0 Å². The van der Waals surface area contributed by atoms with E-state index < -0.39 is 0 Å². The highest BCUT2D eigenvalue weighted by molar-refractivity contribution is 7.99. The Kier molecular flexibility index (Phi) is 7.65. The summed E-state index contributed by atoms with van der Waals surface area (Å²) in [6, 6.07) is 21.1. The van der Waals surface area contributed by atoms with Crippen LogP contribution in [-0.4, -0.2) is 10.7 Å². The van der Waals surface area contributed by atoms with E-state index in [4.69, 9.17) is 4.98 Å². The molecule has 0 saturated carbocycles. The number of aromatic nitrogens is 1. The van der Waals surface area contributed by atoms with Gasteiger partial charge in [0.25, 0.3) is 0 Å². The van der Waals surface area contributed by atoms with E-state index in [9.17, 15) is 5.26 Å². The molecule has 3 heteroatoms. The van der Waals surface area contributed by atoms with Gasteiger partial charge in [-0.2, -0.15) is 5.26 Å². The molecular weight excluding hydrogens is 384 g/mol. The van der Waals surface area contributed by atoms with Gasteiger partial charge in [-0.3, -0.25) is 0 Å². The molecule has 0 atom stereocenters. The molecule has 0 N–H and O–H groups in total. The first-order chi connectivity index (χ1) is 14.6. The van der Waals surface area contributed by atoms with E-state index in [0.29, 0.717) is 5.56 Å². The van der Waals surface area contributed by atoms with Gasteiger partial charge >= 0.3 is 0 Å². The van der Waals surface area contributed by atoms with E-state index in [1.165, 1.54) is 11.1 Å². The fourth-order valence-electron chi connectivity index (χ4n) is 2.92. The highest BCUT2D eigenvalue weighted by atomic mass is 32.2. The summed E-state index contributed by atoms with van der Waals surface area (Å²) in [5, 5.41) is 10.6. The zero-order valence-corrected chi connectivity index (χ0v) is 18.5. The van der Waals surface area contributed by atoms with E-state index in [2.05, 4.69) is 87.5 Å². The van der Waals surface area contributed by atoms with Crippen LogP contribution in [0.15, 0.2) is 59.6 Å². The second-order valence-electron chi connectivity index (χ2n) is 7.26. The van der Waals surface area contributed by atoms with Crippen molar-refractivity contribution in [3.8, 4) is 6.07 Å². The summed E-state index contributed by atoms with van der Waals surface area (Å²) in [4.78, 5) is 4.76. The van der Waals surface area contributed by atoms with Crippen LogP contribution in [0.2, 0.25) is 0 Å². The third kappa shape index (κ3) is 5.95. The summed E-state index contributed by atoms with van der Waals surface area (Å²) in [5.41, 5.74) is 7.12. The van der Waals surface area contributed by atoms with Gasteiger partial charge in [-0.25, -0.2) is 4.98 Å². The minimum Gasteiger partial charge on any atom is -0.241 e. The number of thioether (sulfide) groups is 1. The molecule has 0 aliphatic carbocycles. The van der Waals surface area contributed by atoms with Crippen LogP contribution in [0.5, 0.6) is 0 Å². The monoisotopic (exact) mass is 410 g/mol. The van der Waals surface area contributed by atoms with Crippen molar-refractivity contribution in [1.82, 2.24) is 4.98 Å². The van der Waals surface area contributed by atoms with Crippen LogP contribution in [0.4, 0.5) is 0 Å². The van der Waals surface area contributed by atoms with Crippen LogP contribution in [-0.2, 0) is 0 Å². The summed E-state index contributed by atoms with van der Waals surface area (Å²) in [6.45, 7) is 6.30. The lowest BCUT2D eigenvalue weighted by Crippen LogP contribution is -1.95. The van der Waals surface area contributed by atoms with E-state index >= 15 is 0 Å². The van der Waals surface area contributed by atoms with Crippen LogP contribution in [0.1, 0.15) is 52.4 Å². The first-order valence-corrected chi connectivity index (χ1v) is 11.1. The molecule has 0 aliphatic rings. The van der Waals surface area contributed by atoms with Gasteiger partial charge < -0.3 is 0 Å². The zero-order chi connectivity index (χ0) is 21.3. The third-order valence-electron chi connectivity index (χ3n) is 4.65. The predicted molar refractivity (Wildman–Crippen MR) is 130 cm³/mol. The van der Waals surface area contributed by atoms with Gasteiger partial charge in [0.1, 0.15) is 11.1 Å². The van der Waals surface area contributed by atoms with E-state index in [1.54, 1.807) is 11.8 Å². The number of hydrogen-bond acceptors (Lipinski definition) is 3. The number of aryl methyl sites for hydroxylation is 2. The number of rotatable bonds is 7. The minimum absolute atomic E-state index is 0.643. The van der Waals surface area contributed by atoms with Crippen LogP contribution in [0.25, 0.3) is 24.3 Å². The molecule has 0 unspecified atom stereocenters. The van der Waals surface area contributed by atoms with E-state index in [0.717, 1.165) is 39.6 Å². The average Bonchev–Trinajstić information content (AvgIpc) is 2.76. The lowest BCUT2D eigenvalue weighted by atomic mass is 10.1. The lowest BCUT2D eigenvalue weighted by molar-refractivity contribution is 1.06. The molecule has 1 heterocycles. The second kappa shape index (κ2) is 10.6. The first-order valence-electron chi connectivity index (χ1n) is 10.2. The van der Waals surface area contributed by atoms with Crippen LogP contribution in [0, 0.1) is 25.2 Å². The molecule has 2 aromatic carbocycles. The number of nitrogens with zero attached hydrogens (tertiary/aromatic N) is 2.